The second-order valence-corrected chi connectivity index (χ2v) is 7.32. The third kappa shape index (κ3) is 2.98. The van der Waals surface area contributed by atoms with Crippen molar-refractivity contribution in [2.75, 3.05) is 13.1 Å². The Morgan fingerprint density at radius 2 is 2.38 bits per heavy atom. The molecule has 1 aromatic rings. The van der Waals surface area contributed by atoms with Crippen molar-refractivity contribution < 1.29 is 9.53 Å². The van der Waals surface area contributed by atoms with Crippen LogP contribution in [0.3, 0.4) is 0 Å². The third-order valence-corrected chi connectivity index (χ3v) is 5.53. The largest absolute Gasteiger partial charge is 0.363 e. The third-order valence-electron chi connectivity index (χ3n) is 4.77. The van der Waals surface area contributed by atoms with Crippen LogP contribution in [0.2, 0.25) is 0 Å². The highest BCUT2D eigenvalue weighted by atomic mass is 32.1. The van der Waals surface area contributed by atoms with E-state index in [1.165, 1.54) is 12.8 Å². The minimum Gasteiger partial charge on any atom is -0.363 e. The van der Waals surface area contributed by atoms with Crippen LogP contribution >= 0.6 is 11.3 Å². The van der Waals surface area contributed by atoms with Crippen molar-refractivity contribution in [1.29, 1.82) is 0 Å². The van der Waals surface area contributed by atoms with E-state index >= 15 is 0 Å². The molecule has 1 amide bonds. The number of nitrogens with one attached hydrogen (secondary N) is 1. The topological polar surface area (TPSA) is 54.5 Å². The number of aromatic nitrogens is 1. The number of carbonyl (C=O) groups is 1. The lowest BCUT2D eigenvalue weighted by atomic mass is 10.1. The Hall–Kier alpha value is -0.980. The normalized spacial score (nSPS) is 32.3. The number of nitrogens with zero attached hydrogens (tertiary/aromatic N) is 2. The maximum atomic E-state index is 12.2. The van der Waals surface area contributed by atoms with Gasteiger partial charge in [0, 0.05) is 37.1 Å². The molecule has 1 aromatic heterocycles. The fourth-order valence-corrected chi connectivity index (χ4v) is 4.02. The highest BCUT2D eigenvalue weighted by molar-refractivity contribution is 7.09. The number of rotatable bonds is 5. The summed E-state index contributed by atoms with van der Waals surface area (Å²) in [4.78, 5) is 19.0. The molecule has 2 aliphatic heterocycles. The molecule has 3 aliphatic rings. The molecule has 21 heavy (non-hydrogen) atoms. The van der Waals surface area contributed by atoms with Crippen molar-refractivity contribution in [3.63, 3.8) is 0 Å². The number of carbonyl (C=O) groups excluding carboxylic acids is 1. The molecule has 1 saturated carbocycles. The molecule has 4 rings (SSSR count). The summed E-state index contributed by atoms with van der Waals surface area (Å²) in [6.45, 7) is 2.76. The van der Waals surface area contributed by atoms with Crippen LogP contribution in [0.1, 0.15) is 30.7 Å². The predicted octanol–water partition coefficient (Wildman–Crippen LogP) is 1.40. The highest BCUT2D eigenvalue weighted by Crippen LogP contribution is 2.34. The van der Waals surface area contributed by atoms with Crippen LogP contribution in [0.4, 0.5) is 0 Å². The Morgan fingerprint density at radius 3 is 3.14 bits per heavy atom. The molecular formula is C15H21N3O2S. The Bertz CT molecular complexity index is 503. The van der Waals surface area contributed by atoms with Crippen molar-refractivity contribution in [3.8, 4) is 0 Å². The van der Waals surface area contributed by atoms with E-state index in [1.807, 2.05) is 11.6 Å². The van der Waals surface area contributed by atoms with E-state index in [4.69, 9.17) is 4.74 Å². The lowest BCUT2D eigenvalue weighted by Gasteiger charge is -2.21. The molecule has 3 fully saturated rings. The first-order valence-corrected chi connectivity index (χ1v) is 8.73. The molecule has 0 radical (unpaired) electrons. The molecule has 6 heteroatoms. The lowest BCUT2D eigenvalue weighted by Crippen LogP contribution is -2.37. The zero-order valence-electron chi connectivity index (χ0n) is 12.0. The summed E-state index contributed by atoms with van der Waals surface area (Å²) >= 11 is 1.70. The van der Waals surface area contributed by atoms with Gasteiger partial charge in [0.05, 0.1) is 12.6 Å². The van der Waals surface area contributed by atoms with Crippen LogP contribution in [-0.2, 0) is 16.1 Å². The van der Waals surface area contributed by atoms with E-state index in [0.717, 1.165) is 43.4 Å². The van der Waals surface area contributed by atoms with Crippen molar-refractivity contribution in [2.45, 2.75) is 50.5 Å². The van der Waals surface area contributed by atoms with Crippen LogP contribution in [0.25, 0.3) is 0 Å². The van der Waals surface area contributed by atoms with Crippen molar-refractivity contribution in [2.24, 2.45) is 5.92 Å². The summed E-state index contributed by atoms with van der Waals surface area (Å²) in [6, 6.07) is 0.380. The van der Waals surface area contributed by atoms with E-state index in [9.17, 15) is 4.79 Å². The molecule has 1 N–H and O–H groups in total. The van der Waals surface area contributed by atoms with Crippen LogP contribution in [0.5, 0.6) is 0 Å². The molecule has 2 saturated heterocycles. The van der Waals surface area contributed by atoms with Crippen LogP contribution in [0.15, 0.2) is 11.6 Å². The number of likely N-dealkylation sites (tertiary alicyclic amines) is 1. The fourth-order valence-electron chi connectivity index (χ4n) is 3.38. The van der Waals surface area contributed by atoms with Gasteiger partial charge < -0.3 is 10.1 Å². The molecule has 3 atom stereocenters. The van der Waals surface area contributed by atoms with Crippen LogP contribution in [0, 0.1) is 5.92 Å². The van der Waals surface area contributed by atoms with Crippen molar-refractivity contribution >= 4 is 17.2 Å². The van der Waals surface area contributed by atoms with Crippen molar-refractivity contribution in [1.82, 2.24) is 15.2 Å². The van der Waals surface area contributed by atoms with Gasteiger partial charge >= 0.3 is 0 Å². The monoisotopic (exact) mass is 307 g/mol. The summed E-state index contributed by atoms with van der Waals surface area (Å²) < 4.78 is 5.98. The summed E-state index contributed by atoms with van der Waals surface area (Å²) in [6.07, 6.45) is 6.21. The van der Waals surface area contributed by atoms with Gasteiger partial charge in [0.15, 0.2) is 0 Å². The molecular weight excluding hydrogens is 286 g/mol. The second kappa shape index (κ2) is 5.66. The zero-order chi connectivity index (χ0) is 14.2. The maximum absolute atomic E-state index is 12.2. The highest BCUT2D eigenvalue weighted by Gasteiger charge is 2.45. The number of hydrogen-bond donors (Lipinski definition) is 1. The maximum Gasteiger partial charge on any atom is 0.249 e. The summed E-state index contributed by atoms with van der Waals surface area (Å²) in [5, 5.41) is 6.21. The van der Waals surface area contributed by atoms with Gasteiger partial charge in [-0.15, -0.1) is 11.3 Å². The van der Waals surface area contributed by atoms with Gasteiger partial charge in [-0.2, -0.15) is 0 Å². The number of ether oxygens (including phenoxy) is 1. The summed E-state index contributed by atoms with van der Waals surface area (Å²) in [7, 11) is 0. The standard InChI is InChI=1S/C15H21N3O2S/c19-15(17-8-10-1-2-10)13-7-11-12(20-13)3-5-18(11)9-14-16-4-6-21-14/h4,6,10-13H,1-3,5,7-9H2,(H,17,19)/t11-,12-,13+/m1/s1. The van der Waals surface area contributed by atoms with Gasteiger partial charge in [-0.05, 0) is 25.2 Å². The van der Waals surface area contributed by atoms with E-state index in [-0.39, 0.29) is 18.1 Å². The van der Waals surface area contributed by atoms with Crippen LogP contribution in [-0.4, -0.2) is 47.1 Å². The molecule has 0 aromatic carbocycles. The Kier molecular flexibility index (Phi) is 3.69. The molecule has 0 spiro atoms. The lowest BCUT2D eigenvalue weighted by molar-refractivity contribution is -0.132. The summed E-state index contributed by atoms with van der Waals surface area (Å²) in [5.41, 5.74) is 0. The molecule has 0 bridgehead atoms. The number of hydrogen-bond acceptors (Lipinski definition) is 5. The Morgan fingerprint density at radius 1 is 1.48 bits per heavy atom. The number of thiazole rings is 1. The minimum absolute atomic E-state index is 0.0884. The van der Waals surface area contributed by atoms with Gasteiger partial charge in [-0.25, -0.2) is 4.98 Å². The Labute approximate surface area is 128 Å². The predicted molar refractivity (Wildman–Crippen MR) is 79.9 cm³/mol. The van der Waals surface area contributed by atoms with E-state index in [1.54, 1.807) is 11.3 Å². The smallest absolute Gasteiger partial charge is 0.249 e. The van der Waals surface area contributed by atoms with E-state index < -0.39 is 0 Å². The minimum atomic E-state index is -0.252. The first-order valence-electron chi connectivity index (χ1n) is 7.85. The van der Waals surface area contributed by atoms with Gasteiger partial charge in [0.2, 0.25) is 5.91 Å². The number of fused-ring (bicyclic) bond motifs is 1. The van der Waals surface area contributed by atoms with Gasteiger partial charge in [0.25, 0.3) is 0 Å². The average Bonchev–Trinajstić information content (AvgIpc) is 2.90. The summed E-state index contributed by atoms with van der Waals surface area (Å²) in [5.74, 6) is 0.807. The van der Waals surface area contributed by atoms with Gasteiger partial charge in [-0.1, -0.05) is 0 Å². The molecule has 1 aliphatic carbocycles. The van der Waals surface area contributed by atoms with Crippen LogP contribution < -0.4 is 5.32 Å². The zero-order valence-corrected chi connectivity index (χ0v) is 12.8. The first kappa shape index (κ1) is 13.7. The first-order chi connectivity index (χ1) is 10.3. The fraction of sp³-hybridized carbons (Fsp3) is 0.733. The van der Waals surface area contributed by atoms with E-state index in [2.05, 4.69) is 15.2 Å². The van der Waals surface area contributed by atoms with Gasteiger partial charge in [-0.3, -0.25) is 9.69 Å². The Balaban J connectivity index is 1.32. The number of amides is 1. The molecule has 5 nitrogen and oxygen atoms in total. The average molecular weight is 307 g/mol. The molecule has 0 unspecified atom stereocenters. The second-order valence-electron chi connectivity index (χ2n) is 6.34. The quantitative estimate of drug-likeness (QED) is 0.893. The molecule has 3 heterocycles. The van der Waals surface area contributed by atoms with Crippen molar-refractivity contribution in [3.05, 3.63) is 16.6 Å². The molecule has 114 valence electrons. The van der Waals surface area contributed by atoms with Gasteiger partial charge in [0.1, 0.15) is 11.1 Å². The van der Waals surface area contributed by atoms with E-state index in [0.29, 0.717) is 6.04 Å². The SMILES string of the molecule is O=C(NCC1CC1)[C@@H]1C[C@@H]2[C@@H](CCN2Cc2nccs2)O1.